The maximum absolute atomic E-state index is 11.9. The van der Waals surface area contributed by atoms with E-state index < -0.39 is 0 Å². The van der Waals surface area contributed by atoms with E-state index in [-0.39, 0.29) is 5.97 Å². The van der Waals surface area contributed by atoms with E-state index in [2.05, 4.69) is 28.7 Å². The summed E-state index contributed by atoms with van der Waals surface area (Å²) in [5.74, 6) is 1.80. The van der Waals surface area contributed by atoms with Gasteiger partial charge in [-0.2, -0.15) is 0 Å². The molecule has 1 aliphatic heterocycles. The van der Waals surface area contributed by atoms with Gasteiger partial charge in [0.1, 0.15) is 11.6 Å². The number of carbonyl (C=O) groups excluding carboxylic acids is 1. The van der Waals surface area contributed by atoms with Crippen molar-refractivity contribution in [1.29, 1.82) is 0 Å². The third kappa shape index (κ3) is 2.81. The zero-order valence-corrected chi connectivity index (χ0v) is 15.2. The number of benzene rings is 1. The van der Waals surface area contributed by atoms with E-state index in [9.17, 15) is 4.79 Å². The molecule has 0 saturated carbocycles. The summed E-state index contributed by atoms with van der Waals surface area (Å²) in [6.07, 6.45) is 2.75. The lowest BCUT2D eigenvalue weighted by molar-refractivity contribution is 0.0601. The highest BCUT2D eigenvalue weighted by Gasteiger charge is 2.23. The van der Waals surface area contributed by atoms with Crippen molar-refractivity contribution in [3.63, 3.8) is 0 Å². The Balaban J connectivity index is 1.71. The molecule has 3 heterocycles. The van der Waals surface area contributed by atoms with Crippen molar-refractivity contribution in [2.75, 3.05) is 18.6 Å². The Bertz CT molecular complexity index is 977. The Hall–Kier alpha value is -2.89. The van der Waals surface area contributed by atoms with Crippen LogP contribution in [0.1, 0.15) is 47.2 Å². The molecule has 2 aromatic heterocycles. The molecule has 6 nitrogen and oxygen atoms in total. The van der Waals surface area contributed by atoms with Crippen molar-refractivity contribution in [3.05, 3.63) is 53.1 Å². The molecule has 0 bridgehead atoms. The van der Waals surface area contributed by atoms with Crippen LogP contribution in [0.5, 0.6) is 0 Å². The van der Waals surface area contributed by atoms with Crippen LogP contribution in [-0.2, 0) is 17.7 Å². The summed E-state index contributed by atoms with van der Waals surface area (Å²) in [6.45, 7) is 5.86. The van der Waals surface area contributed by atoms with Crippen molar-refractivity contribution in [1.82, 2.24) is 15.0 Å². The molecular formula is C20H22N4O2. The summed E-state index contributed by atoms with van der Waals surface area (Å²) in [5, 5.41) is 1.07. The third-order valence-corrected chi connectivity index (χ3v) is 4.90. The molecule has 0 spiro atoms. The molecule has 0 atom stereocenters. The van der Waals surface area contributed by atoms with Crippen LogP contribution >= 0.6 is 0 Å². The van der Waals surface area contributed by atoms with Gasteiger partial charge in [-0.3, -0.25) is 0 Å². The van der Waals surface area contributed by atoms with Gasteiger partial charge in [-0.15, -0.1) is 0 Å². The molecule has 1 aliphatic rings. The maximum Gasteiger partial charge on any atom is 0.337 e. The van der Waals surface area contributed by atoms with Crippen molar-refractivity contribution in [3.8, 4) is 0 Å². The number of nitrogens with one attached hydrogen (secondary N) is 1. The molecule has 4 rings (SSSR count). The Labute approximate surface area is 152 Å². The summed E-state index contributed by atoms with van der Waals surface area (Å²) in [4.78, 5) is 26.7. The van der Waals surface area contributed by atoms with E-state index in [1.165, 1.54) is 18.4 Å². The number of fused-ring (bicyclic) bond motifs is 3. The molecule has 0 unspecified atom stereocenters. The van der Waals surface area contributed by atoms with Crippen molar-refractivity contribution in [2.24, 2.45) is 0 Å². The first kappa shape index (κ1) is 16.6. The molecule has 0 radical (unpaired) electrons. The Morgan fingerprint density at radius 2 is 2.15 bits per heavy atom. The zero-order chi connectivity index (χ0) is 18.3. The monoisotopic (exact) mass is 350 g/mol. The number of methoxy groups -OCH3 is 1. The number of hydrogen-bond acceptors (Lipinski definition) is 5. The Morgan fingerprint density at radius 1 is 1.31 bits per heavy atom. The van der Waals surface area contributed by atoms with Gasteiger partial charge < -0.3 is 14.6 Å². The van der Waals surface area contributed by atoms with E-state index in [0.717, 1.165) is 42.1 Å². The van der Waals surface area contributed by atoms with Crippen molar-refractivity contribution >= 4 is 22.7 Å². The van der Waals surface area contributed by atoms with Gasteiger partial charge in [0, 0.05) is 53.8 Å². The number of hydrogen-bond donors (Lipinski definition) is 1. The number of H-pyrrole nitrogens is 1. The van der Waals surface area contributed by atoms with Crippen molar-refractivity contribution in [2.45, 2.75) is 32.7 Å². The SMILES string of the molecule is COC(=O)c1ccc2[nH]c3c(c2c1)CN(c1ccnc(C(C)C)n1)CC3. The van der Waals surface area contributed by atoms with E-state index in [1.807, 2.05) is 24.4 Å². The number of carbonyl (C=O) groups is 1. The minimum absolute atomic E-state index is 0.297. The molecule has 1 N–H and O–H groups in total. The standard InChI is InChI=1S/C20H22N4O2/c1-12(2)19-21-8-6-18(23-19)24-9-7-17-15(11-24)14-10-13(20(25)26-3)4-5-16(14)22-17/h4-6,8,10,12,22H,7,9,11H2,1-3H3. The molecule has 3 aromatic rings. The average molecular weight is 350 g/mol. The predicted molar refractivity (Wildman–Crippen MR) is 101 cm³/mol. The number of aromatic amines is 1. The highest BCUT2D eigenvalue weighted by atomic mass is 16.5. The van der Waals surface area contributed by atoms with Gasteiger partial charge in [0.2, 0.25) is 0 Å². The van der Waals surface area contributed by atoms with Crippen LogP contribution in [0.15, 0.2) is 30.5 Å². The van der Waals surface area contributed by atoms with Crippen LogP contribution in [0.3, 0.4) is 0 Å². The van der Waals surface area contributed by atoms with E-state index in [4.69, 9.17) is 9.72 Å². The lowest BCUT2D eigenvalue weighted by Crippen LogP contribution is -2.31. The molecular weight excluding hydrogens is 328 g/mol. The highest BCUT2D eigenvalue weighted by molar-refractivity contribution is 5.96. The zero-order valence-electron chi connectivity index (χ0n) is 15.2. The highest BCUT2D eigenvalue weighted by Crippen LogP contribution is 2.30. The minimum atomic E-state index is -0.313. The van der Waals surface area contributed by atoms with Gasteiger partial charge in [-0.05, 0) is 24.3 Å². The quantitative estimate of drug-likeness (QED) is 0.733. The number of anilines is 1. The maximum atomic E-state index is 11.9. The molecule has 0 fully saturated rings. The van der Waals surface area contributed by atoms with E-state index in [1.54, 1.807) is 6.07 Å². The molecule has 0 aliphatic carbocycles. The van der Waals surface area contributed by atoms with Gasteiger partial charge in [-0.25, -0.2) is 14.8 Å². The van der Waals surface area contributed by atoms with Crippen LogP contribution in [-0.4, -0.2) is 34.6 Å². The molecule has 0 amide bonds. The second kappa shape index (κ2) is 6.44. The number of rotatable bonds is 3. The first-order valence-electron chi connectivity index (χ1n) is 8.86. The number of nitrogens with zero attached hydrogens (tertiary/aromatic N) is 3. The van der Waals surface area contributed by atoms with Crippen molar-refractivity contribution < 1.29 is 9.53 Å². The molecule has 26 heavy (non-hydrogen) atoms. The summed E-state index contributed by atoms with van der Waals surface area (Å²) < 4.78 is 4.86. The number of ether oxygens (including phenoxy) is 1. The summed E-state index contributed by atoms with van der Waals surface area (Å²) in [5.41, 5.74) is 4.08. The first-order chi connectivity index (χ1) is 12.6. The molecule has 134 valence electrons. The molecule has 1 aromatic carbocycles. The van der Waals surface area contributed by atoms with Gasteiger partial charge in [0.15, 0.2) is 0 Å². The van der Waals surface area contributed by atoms with Crippen LogP contribution < -0.4 is 4.90 Å². The first-order valence-corrected chi connectivity index (χ1v) is 8.86. The fourth-order valence-electron chi connectivity index (χ4n) is 3.47. The number of aromatic nitrogens is 3. The predicted octanol–water partition coefficient (Wildman–Crippen LogP) is 3.43. The topological polar surface area (TPSA) is 71.1 Å². The lowest BCUT2D eigenvalue weighted by atomic mass is 10.0. The molecule has 0 saturated heterocycles. The largest absolute Gasteiger partial charge is 0.465 e. The van der Waals surface area contributed by atoms with Gasteiger partial charge in [0.05, 0.1) is 12.7 Å². The molecule has 6 heteroatoms. The number of esters is 1. The van der Waals surface area contributed by atoms with Crippen LogP contribution in [0, 0.1) is 0 Å². The smallest absolute Gasteiger partial charge is 0.337 e. The van der Waals surface area contributed by atoms with Gasteiger partial charge >= 0.3 is 5.97 Å². The normalized spacial score (nSPS) is 13.9. The second-order valence-corrected chi connectivity index (χ2v) is 6.93. The second-order valence-electron chi connectivity index (χ2n) is 6.93. The lowest BCUT2D eigenvalue weighted by Gasteiger charge is -2.28. The summed E-state index contributed by atoms with van der Waals surface area (Å²) >= 11 is 0. The summed E-state index contributed by atoms with van der Waals surface area (Å²) in [6, 6.07) is 7.63. The minimum Gasteiger partial charge on any atom is -0.465 e. The van der Waals surface area contributed by atoms with Gasteiger partial charge in [-0.1, -0.05) is 13.8 Å². The van der Waals surface area contributed by atoms with Crippen LogP contribution in [0.25, 0.3) is 10.9 Å². The van der Waals surface area contributed by atoms with Crippen LogP contribution in [0.2, 0.25) is 0 Å². The van der Waals surface area contributed by atoms with Gasteiger partial charge in [0.25, 0.3) is 0 Å². The average Bonchev–Trinajstić information content (AvgIpc) is 3.04. The van der Waals surface area contributed by atoms with Crippen LogP contribution in [0.4, 0.5) is 5.82 Å². The summed E-state index contributed by atoms with van der Waals surface area (Å²) in [7, 11) is 1.41. The van der Waals surface area contributed by atoms with E-state index in [0.29, 0.717) is 11.5 Å². The fraction of sp³-hybridized carbons (Fsp3) is 0.350. The Morgan fingerprint density at radius 3 is 2.92 bits per heavy atom. The van der Waals surface area contributed by atoms with E-state index >= 15 is 0 Å². The Kier molecular flexibility index (Phi) is 4.11. The third-order valence-electron chi connectivity index (χ3n) is 4.90. The fourth-order valence-corrected chi connectivity index (χ4v) is 3.47.